The molecular formula is C8H8ClF3N2O2. The van der Waals surface area contributed by atoms with Crippen LogP contribution in [0.25, 0.3) is 0 Å². The van der Waals surface area contributed by atoms with Gasteiger partial charge in [-0.3, -0.25) is 0 Å². The first-order valence-corrected chi connectivity index (χ1v) is 4.71. The maximum absolute atomic E-state index is 12.1. The molecule has 16 heavy (non-hydrogen) atoms. The number of halogens is 4. The molecule has 1 aromatic rings. The van der Waals surface area contributed by atoms with Gasteiger partial charge in [0.2, 0.25) is 5.82 Å². The Kier molecular flexibility index (Phi) is 4.06. The van der Waals surface area contributed by atoms with Gasteiger partial charge in [-0.05, 0) is 0 Å². The highest BCUT2D eigenvalue weighted by Gasteiger charge is 2.34. The van der Waals surface area contributed by atoms with Crippen LogP contribution in [0.15, 0.2) is 12.4 Å². The summed E-state index contributed by atoms with van der Waals surface area (Å²) in [5.74, 6) is -1.55. The zero-order valence-corrected chi connectivity index (χ0v) is 8.57. The highest BCUT2D eigenvalue weighted by atomic mass is 35.5. The van der Waals surface area contributed by atoms with Gasteiger partial charge in [0.05, 0.1) is 12.0 Å². The van der Waals surface area contributed by atoms with Gasteiger partial charge in [0, 0.05) is 18.0 Å². The van der Waals surface area contributed by atoms with Gasteiger partial charge in [-0.2, -0.15) is 13.2 Å². The summed E-state index contributed by atoms with van der Waals surface area (Å²) in [5.41, 5.74) is -0.0267. The van der Waals surface area contributed by atoms with E-state index in [1.165, 1.54) is 0 Å². The minimum atomic E-state index is -4.63. The van der Waals surface area contributed by atoms with Crippen LogP contribution in [0.3, 0.4) is 0 Å². The van der Waals surface area contributed by atoms with Crippen LogP contribution in [0.1, 0.15) is 17.5 Å². The van der Waals surface area contributed by atoms with Crippen molar-refractivity contribution in [3.8, 4) is 0 Å². The standard InChI is InChI=1S/C8H8ClF3N2O2/c9-1-5(15)6(16)4-2-13-7(14-3-4)8(10,11)12/h2-3,5-6,15-16H,1H2. The van der Waals surface area contributed by atoms with Gasteiger partial charge < -0.3 is 10.2 Å². The molecule has 0 saturated heterocycles. The summed E-state index contributed by atoms with van der Waals surface area (Å²) < 4.78 is 36.3. The van der Waals surface area contributed by atoms with E-state index in [0.29, 0.717) is 0 Å². The summed E-state index contributed by atoms with van der Waals surface area (Å²) in [5, 5.41) is 18.5. The highest BCUT2D eigenvalue weighted by molar-refractivity contribution is 6.18. The number of aliphatic hydroxyl groups is 2. The fraction of sp³-hybridized carbons (Fsp3) is 0.500. The molecule has 0 fully saturated rings. The zero-order chi connectivity index (χ0) is 12.3. The average molecular weight is 257 g/mol. The first-order valence-electron chi connectivity index (χ1n) is 4.17. The van der Waals surface area contributed by atoms with E-state index in [0.717, 1.165) is 12.4 Å². The quantitative estimate of drug-likeness (QED) is 0.796. The molecule has 0 spiro atoms. The van der Waals surface area contributed by atoms with Crippen LogP contribution in [0.2, 0.25) is 0 Å². The van der Waals surface area contributed by atoms with Gasteiger partial charge in [0.1, 0.15) is 6.10 Å². The number of alkyl halides is 4. The van der Waals surface area contributed by atoms with Crippen molar-refractivity contribution in [1.82, 2.24) is 9.97 Å². The zero-order valence-electron chi connectivity index (χ0n) is 7.82. The number of rotatable bonds is 3. The number of hydrogen-bond acceptors (Lipinski definition) is 4. The van der Waals surface area contributed by atoms with Crippen molar-refractivity contribution in [3.63, 3.8) is 0 Å². The molecule has 0 radical (unpaired) electrons. The fourth-order valence-electron chi connectivity index (χ4n) is 0.944. The van der Waals surface area contributed by atoms with Gasteiger partial charge in [-0.15, -0.1) is 11.6 Å². The lowest BCUT2D eigenvalue weighted by molar-refractivity contribution is -0.145. The third-order valence-electron chi connectivity index (χ3n) is 1.79. The number of aliphatic hydroxyl groups excluding tert-OH is 2. The van der Waals surface area contributed by atoms with E-state index < -0.39 is 24.2 Å². The Morgan fingerprint density at radius 3 is 2.12 bits per heavy atom. The Hall–Kier alpha value is -0.920. The van der Waals surface area contributed by atoms with Crippen LogP contribution < -0.4 is 0 Å². The minimum absolute atomic E-state index is 0.0267. The van der Waals surface area contributed by atoms with Crippen molar-refractivity contribution in [3.05, 3.63) is 23.8 Å². The molecule has 4 nitrogen and oxygen atoms in total. The van der Waals surface area contributed by atoms with Crippen molar-refractivity contribution in [1.29, 1.82) is 0 Å². The Morgan fingerprint density at radius 1 is 1.25 bits per heavy atom. The maximum atomic E-state index is 12.1. The smallest absolute Gasteiger partial charge is 0.389 e. The average Bonchev–Trinajstić information content (AvgIpc) is 2.26. The van der Waals surface area contributed by atoms with E-state index in [2.05, 4.69) is 9.97 Å². The Balaban J connectivity index is 2.87. The molecule has 90 valence electrons. The van der Waals surface area contributed by atoms with E-state index in [1.807, 2.05) is 0 Å². The van der Waals surface area contributed by atoms with Crippen LogP contribution in [-0.4, -0.2) is 32.2 Å². The normalized spacial score (nSPS) is 15.9. The summed E-state index contributed by atoms with van der Waals surface area (Å²) >= 11 is 5.27. The maximum Gasteiger partial charge on any atom is 0.451 e. The molecule has 1 heterocycles. The summed E-state index contributed by atoms with van der Waals surface area (Å²) in [6.45, 7) is 0. The molecule has 0 amide bonds. The highest BCUT2D eigenvalue weighted by Crippen LogP contribution is 2.26. The van der Waals surface area contributed by atoms with Crippen LogP contribution >= 0.6 is 11.6 Å². The molecule has 0 aliphatic heterocycles. The van der Waals surface area contributed by atoms with Gasteiger partial charge in [0.25, 0.3) is 0 Å². The summed E-state index contributed by atoms with van der Waals surface area (Å²) in [6.07, 6.45) is -5.71. The molecule has 2 N–H and O–H groups in total. The molecule has 0 aliphatic carbocycles. The Bertz CT molecular complexity index is 344. The monoisotopic (exact) mass is 256 g/mol. The molecule has 2 unspecified atom stereocenters. The molecule has 0 bridgehead atoms. The van der Waals surface area contributed by atoms with Gasteiger partial charge in [0.15, 0.2) is 0 Å². The lowest BCUT2D eigenvalue weighted by Crippen LogP contribution is -2.21. The fourth-order valence-corrected chi connectivity index (χ4v) is 1.11. The van der Waals surface area contributed by atoms with Crippen molar-refractivity contribution >= 4 is 11.6 Å². The number of aromatic nitrogens is 2. The van der Waals surface area contributed by atoms with Crippen molar-refractivity contribution < 1.29 is 23.4 Å². The SMILES string of the molecule is OC(CCl)C(O)c1cnc(C(F)(F)F)nc1. The summed E-state index contributed by atoms with van der Waals surface area (Å²) in [4.78, 5) is 6.07. The topological polar surface area (TPSA) is 66.2 Å². The third-order valence-corrected chi connectivity index (χ3v) is 2.11. The lowest BCUT2D eigenvalue weighted by Gasteiger charge is -2.15. The minimum Gasteiger partial charge on any atom is -0.389 e. The van der Waals surface area contributed by atoms with E-state index in [1.54, 1.807) is 0 Å². The predicted octanol–water partition coefficient (Wildman–Crippen LogP) is 1.13. The number of hydrogen-bond donors (Lipinski definition) is 2. The lowest BCUT2D eigenvalue weighted by atomic mass is 10.1. The van der Waals surface area contributed by atoms with E-state index in [-0.39, 0.29) is 11.4 Å². The van der Waals surface area contributed by atoms with E-state index in [9.17, 15) is 18.3 Å². The summed E-state index contributed by atoms with van der Waals surface area (Å²) in [7, 11) is 0. The van der Waals surface area contributed by atoms with Crippen LogP contribution in [0.5, 0.6) is 0 Å². The molecule has 0 aliphatic rings. The van der Waals surface area contributed by atoms with Gasteiger partial charge in [-0.25, -0.2) is 9.97 Å². The van der Waals surface area contributed by atoms with Gasteiger partial charge in [-0.1, -0.05) is 0 Å². The molecule has 8 heteroatoms. The molecule has 0 aromatic carbocycles. The van der Waals surface area contributed by atoms with Crippen LogP contribution in [-0.2, 0) is 6.18 Å². The van der Waals surface area contributed by atoms with Crippen LogP contribution in [0, 0.1) is 0 Å². The molecular weight excluding hydrogens is 249 g/mol. The van der Waals surface area contributed by atoms with Crippen molar-refractivity contribution in [2.24, 2.45) is 0 Å². The Labute approximate surface area is 93.7 Å². The predicted molar refractivity (Wildman–Crippen MR) is 48.7 cm³/mol. The largest absolute Gasteiger partial charge is 0.451 e. The first kappa shape index (κ1) is 13.1. The number of nitrogens with zero attached hydrogens (tertiary/aromatic N) is 2. The second-order valence-corrected chi connectivity index (χ2v) is 3.31. The second kappa shape index (κ2) is 4.94. The molecule has 1 aromatic heterocycles. The van der Waals surface area contributed by atoms with E-state index >= 15 is 0 Å². The third kappa shape index (κ3) is 3.03. The second-order valence-electron chi connectivity index (χ2n) is 3.00. The van der Waals surface area contributed by atoms with Crippen molar-refractivity contribution in [2.75, 3.05) is 5.88 Å². The van der Waals surface area contributed by atoms with Crippen LogP contribution in [0.4, 0.5) is 13.2 Å². The molecule has 0 saturated carbocycles. The molecule has 2 atom stereocenters. The Morgan fingerprint density at radius 2 is 1.75 bits per heavy atom. The van der Waals surface area contributed by atoms with Crippen molar-refractivity contribution in [2.45, 2.75) is 18.4 Å². The molecule has 1 rings (SSSR count). The first-order chi connectivity index (χ1) is 7.36. The van der Waals surface area contributed by atoms with Gasteiger partial charge >= 0.3 is 6.18 Å². The van der Waals surface area contributed by atoms with E-state index in [4.69, 9.17) is 16.7 Å². The summed E-state index contributed by atoms with van der Waals surface area (Å²) in [6, 6.07) is 0.